The van der Waals surface area contributed by atoms with Gasteiger partial charge in [0.05, 0.1) is 0 Å². The van der Waals surface area contributed by atoms with Gasteiger partial charge in [-0.25, -0.2) is 9.59 Å². The average molecular weight is 282 g/mol. The SMILES string of the molecule is O=C(NCC1CCCCC1)NC1(C(=O)O)CCCCC1. The second kappa shape index (κ2) is 6.95. The molecule has 20 heavy (non-hydrogen) atoms. The Morgan fingerprint density at radius 3 is 2.20 bits per heavy atom. The maximum absolute atomic E-state index is 12.0. The van der Waals surface area contributed by atoms with Gasteiger partial charge in [0.1, 0.15) is 5.54 Å². The highest BCUT2D eigenvalue weighted by Gasteiger charge is 2.40. The van der Waals surface area contributed by atoms with E-state index in [9.17, 15) is 14.7 Å². The zero-order valence-electron chi connectivity index (χ0n) is 12.1. The first-order valence-electron chi connectivity index (χ1n) is 7.92. The van der Waals surface area contributed by atoms with Crippen LogP contribution in [0.25, 0.3) is 0 Å². The molecule has 2 amide bonds. The molecule has 0 spiro atoms. The molecule has 0 aromatic carbocycles. The summed E-state index contributed by atoms with van der Waals surface area (Å²) in [6.07, 6.45) is 10.0. The van der Waals surface area contributed by atoms with E-state index in [0.717, 1.165) is 19.3 Å². The van der Waals surface area contributed by atoms with Gasteiger partial charge < -0.3 is 15.7 Å². The standard InChI is InChI=1S/C15H26N2O3/c18-13(19)15(9-5-2-6-10-15)17-14(20)16-11-12-7-3-1-4-8-12/h12H,1-11H2,(H,18,19)(H2,16,17,20). The van der Waals surface area contributed by atoms with Gasteiger partial charge in [-0.3, -0.25) is 0 Å². The lowest BCUT2D eigenvalue weighted by Crippen LogP contribution is -2.58. The second-order valence-electron chi connectivity index (χ2n) is 6.29. The second-order valence-corrected chi connectivity index (χ2v) is 6.29. The summed E-state index contributed by atoms with van der Waals surface area (Å²) in [5.74, 6) is -0.341. The van der Waals surface area contributed by atoms with Crippen molar-refractivity contribution in [3.8, 4) is 0 Å². The Kier molecular flexibility index (Phi) is 5.26. The van der Waals surface area contributed by atoms with Crippen molar-refractivity contribution in [3.63, 3.8) is 0 Å². The number of carbonyl (C=O) groups is 2. The molecule has 2 aliphatic rings. The number of carbonyl (C=O) groups excluding carboxylic acids is 1. The van der Waals surface area contributed by atoms with Crippen molar-refractivity contribution in [1.29, 1.82) is 0 Å². The molecule has 5 heteroatoms. The Bertz CT molecular complexity index is 345. The van der Waals surface area contributed by atoms with Gasteiger partial charge in [-0.2, -0.15) is 0 Å². The van der Waals surface area contributed by atoms with Crippen molar-refractivity contribution in [2.75, 3.05) is 6.54 Å². The fraction of sp³-hybridized carbons (Fsp3) is 0.867. The smallest absolute Gasteiger partial charge is 0.329 e. The summed E-state index contributed by atoms with van der Waals surface area (Å²) in [7, 11) is 0. The van der Waals surface area contributed by atoms with E-state index >= 15 is 0 Å². The summed E-state index contributed by atoms with van der Waals surface area (Å²) >= 11 is 0. The number of carboxylic acids is 1. The van der Waals surface area contributed by atoms with Gasteiger partial charge in [0.2, 0.25) is 0 Å². The number of amides is 2. The molecule has 2 fully saturated rings. The molecule has 0 bridgehead atoms. The van der Waals surface area contributed by atoms with Crippen LogP contribution in [0.1, 0.15) is 64.2 Å². The third-order valence-electron chi connectivity index (χ3n) is 4.75. The molecule has 114 valence electrons. The predicted molar refractivity (Wildman–Crippen MR) is 76.6 cm³/mol. The van der Waals surface area contributed by atoms with Crippen molar-refractivity contribution in [3.05, 3.63) is 0 Å². The van der Waals surface area contributed by atoms with E-state index in [1.54, 1.807) is 0 Å². The van der Waals surface area contributed by atoms with Crippen LogP contribution < -0.4 is 10.6 Å². The molecule has 0 saturated heterocycles. The number of nitrogens with one attached hydrogen (secondary N) is 2. The van der Waals surface area contributed by atoms with E-state index in [4.69, 9.17) is 0 Å². The van der Waals surface area contributed by atoms with E-state index in [1.807, 2.05) is 0 Å². The molecule has 5 nitrogen and oxygen atoms in total. The fourth-order valence-corrected chi connectivity index (χ4v) is 3.44. The molecule has 0 unspecified atom stereocenters. The lowest BCUT2D eigenvalue weighted by Gasteiger charge is -2.34. The van der Waals surface area contributed by atoms with Crippen LogP contribution in [0.3, 0.4) is 0 Å². The monoisotopic (exact) mass is 282 g/mol. The third-order valence-corrected chi connectivity index (χ3v) is 4.75. The molecule has 2 saturated carbocycles. The molecular formula is C15H26N2O3. The summed E-state index contributed by atoms with van der Waals surface area (Å²) in [5.41, 5.74) is -1.05. The maximum atomic E-state index is 12.0. The maximum Gasteiger partial charge on any atom is 0.329 e. The molecule has 2 aliphatic carbocycles. The Morgan fingerprint density at radius 1 is 1.00 bits per heavy atom. The molecule has 0 radical (unpaired) electrons. The minimum Gasteiger partial charge on any atom is -0.480 e. The number of rotatable bonds is 4. The number of hydrogen-bond acceptors (Lipinski definition) is 2. The summed E-state index contributed by atoms with van der Waals surface area (Å²) in [4.78, 5) is 23.5. The minimum atomic E-state index is -1.05. The summed E-state index contributed by atoms with van der Waals surface area (Å²) < 4.78 is 0. The van der Waals surface area contributed by atoms with E-state index in [-0.39, 0.29) is 6.03 Å². The molecule has 0 aliphatic heterocycles. The summed E-state index contributed by atoms with van der Waals surface area (Å²) in [6.45, 7) is 0.668. The van der Waals surface area contributed by atoms with Crippen molar-refractivity contribution in [1.82, 2.24) is 10.6 Å². The lowest BCUT2D eigenvalue weighted by molar-refractivity contribution is -0.145. The molecule has 0 aromatic heterocycles. The van der Waals surface area contributed by atoms with Crippen LogP contribution in [-0.4, -0.2) is 29.2 Å². The Labute approximate surface area is 120 Å². The minimum absolute atomic E-state index is 0.320. The fourth-order valence-electron chi connectivity index (χ4n) is 3.44. The molecule has 0 aromatic rings. The van der Waals surface area contributed by atoms with E-state index in [1.165, 1.54) is 32.1 Å². The predicted octanol–water partition coefficient (Wildman–Crippen LogP) is 2.65. The highest BCUT2D eigenvalue weighted by molar-refractivity contribution is 5.86. The molecule has 0 heterocycles. The molecule has 3 N–H and O–H groups in total. The first-order chi connectivity index (χ1) is 9.62. The normalized spacial score (nSPS) is 23.0. The summed E-state index contributed by atoms with van der Waals surface area (Å²) in [5, 5.41) is 15.0. The largest absolute Gasteiger partial charge is 0.480 e. The third kappa shape index (κ3) is 3.87. The number of urea groups is 1. The van der Waals surface area contributed by atoms with Gasteiger partial charge in [0.15, 0.2) is 0 Å². The van der Waals surface area contributed by atoms with Crippen molar-refractivity contribution < 1.29 is 14.7 Å². The number of hydrogen-bond donors (Lipinski definition) is 3. The zero-order valence-corrected chi connectivity index (χ0v) is 12.1. The van der Waals surface area contributed by atoms with Crippen LogP contribution in [0.15, 0.2) is 0 Å². The van der Waals surface area contributed by atoms with Gasteiger partial charge in [-0.15, -0.1) is 0 Å². The van der Waals surface area contributed by atoms with Crippen LogP contribution in [0.5, 0.6) is 0 Å². The number of carboxylic acid groups (broad SMARTS) is 1. The first-order valence-corrected chi connectivity index (χ1v) is 7.92. The van der Waals surface area contributed by atoms with Crippen LogP contribution in [-0.2, 0) is 4.79 Å². The Morgan fingerprint density at radius 2 is 1.60 bits per heavy atom. The van der Waals surface area contributed by atoms with Crippen molar-refractivity contribution in [2.24, 2.45) is 5.92 Å². The van der Waals surface area contributed by atoms with Crippen LogP contribution in [0, 0.1) is 5.92 Å². The Balaban J connectivity index is 1.80. The topological polar surface area (TPSA) is 78.4 Å². The molecular weight excluding hydrogens is 256 g/mol. The highest BCUT2D eigenvalue weighted by atomic mass is 16.4. The van der Waals surface area contributed by atoms with E-state index < -0.39 is 11.5 Å². The van der Waals surface area contributed by atoms with Crippen LogP contribution in [0.4, 0.5) is 4.79 Å². The van der Waals surface area contributed by atoms with Crippen molar-refractivity contribution >= 4 is 12.0 Å². The Hall–Kier alpha value is -1.26. The molecule has 0 atom stereocenters. The van der Waals surface area contributed by atoms with Gasteiger partial charge in [0.25, 0.3) is 0 Å². The van der Waals surface area contributed by atoms with E-state index in [2.05, 4.69) is 10.6 Å². The summed E-state index contributed by atoms with van der Waals surface area (Å²) in [6, 6.07) is -0.320. The number of aliphatic carboxylic acids is 1. The molecule has 2 rings (SSSR count). The van der Waals surface area contributed by atoms with Gasteiger partial charge in [-0.1, -0.05) is 38.5 Å². The average Bonchev–Trinajstić information content (AvgIpc) is 2.47. The van der Waals surface area contributed by atoms with E-state index in [0.29, 0.717) is 25.3 Å². The first kappa shape index (κ1) is 15.1. The van der Waals surface area contributed by atoms with Gasteiger partial charge in [0, 0.05) is 6.54 Å². The quantitative estimate of drug-likeness (QED) is 0.741. The zero-order chi connectivity index (χ0) is 14.4. The highest BCUT2D eigenvalue weighted by Crippen LogP contribution is 2.28. The van der Waals surface area contributed by atoms with Gasteiger partial charge >= 0.3 is 12.0 Å². The lowest BCUT2D eigenvalue weighted by atomic mass is 9.82. The van der Waals surface area contributed by atoms with Crippen LogP contribution >= 0.6 is 0 Å². The van der Waals surface area contributed by atoms with Crippen LogP contribution in [0.2, 0.25) is 0 Å². The van der Waals surface area contributed by atoms with Crippen molar-refractivity contribution in [2.45, 2.75) is 69.7 Å². The van der Waals surface area contributed by atoms with Gasteiger partial charge in [-0.05, 0) is 31.6 Å².